The first kappa shape index (κ1) is 30.8. The van der Waals surface area contributed by atoms with Crippen LogP contribution in [-0.2, 0) is 6.54 Å². The fraction of sp³-hybridized carbons (Fsp3) is 0.226. The van der Waals surface area contributed by atoms with Gasteiger partial charge in [0.25, 0.3) is 0 Å². The van der Waals surface area contributed by atoms with Crippen LogP contribution in [0, 0.1) is 5.82 Å². The van der Waals surface area contributed by atoms with Gasteiger partial charge in [-0.05, 0) is 74.0 Å². The lowest BCUT2D eigenvalue weighted by Gasteiger charge is -2.08. The number of hydrogen-bond acceptors (Lipinski definition) is 7. The summed E-state index contributed by atoms with van der Waals surface area (Å²) in [4.78, 5) is 23.5. The monoisotopic (exact) mass is 528 g/mol. The van der Waals surface area contributed by atoms with E-state index in [1.807, 2.05) is 65.1 Å². The maximum absolute atomic E-state index is 12.5. The van der Waals surface area contributed by atoms with Crippen molar-refractivity contribution in [1.82, 2.24) is 20.3 Å². The van der Waals surface area contributed by atoms with E-state index in [4.69, 9.17) is 5.73 Å². The minimum Gasteiger partial charge on any atom is -0.383 e. The van der Waals surface area contributed by atoms with Crippen LogP contribution in [0.15, 0.2) is 84.8 Å². The second-order valence-electron chi connectivity index (χ2n) is 8.43. The van der Waals surface area contributed by atoms with E-state index < -0.39 is 0 Å². The van der Waals surface area contributed by atoms with Crippen molar-refractivity contribution in [3.8, 4) is 0 Å². The van der Waals surface area contributed by atoms with E-state index in [0.29, 0.717) is 23.7 Å². The molecule has 0 aliphatic carbocycles. The molecule has 0 bridgehead atoms. The van der Waals surface area contributed by atoms with Crippen molar-refractivity contribution in [2.75, 3.05) is 24.6 Å². The first-order chi connectivity index (χ1) is 18.9. The normalized spacial score (nSPS) is 11.1. The van der Waals surface area contributed by atoms with Crippen LogP contribution in [0.25, 0.3) is 16.5 Å². The number of fused-ring (bicyclic) bond motifs is 1. The van der Waals surface area contributed by atoms with Gasteiger partial charge in [-0.1, -0.05) is 49.8 Å². The Hall–Kier alpha value is -4.43. The maximum Gasteiger partial charge on any atom is 0.153 e. The topological polar surface area (TPSA) is 106 Å². The molecule has 0 fully saturated rings. The molecule has 2 heterocycles. The Kier molecular flexibility index (Phi) is 13.0. The molecule has 4 N–H and O–H groups in total. The number of nitrogens with two attached hydrogens (primary N) is 1. The van der Waals surface area contributed by atoms with Gasteiger partial charge >= 0.3 is 0 Å². The fourth-order valence-corrected chi connectivity index (χ4v) is 3.48. The van der Waals surface area contributed by atoms with E-state index in [9.17, 15) is 9.18 Å². The quantitative estimate of drug-likeness (QED) is 0.178. The molecule has 0 spiro atoms. The zero-order valence-electron chi connectivity index (χ0n) is 23.2. The molecule has 4 rings (SSSR count). The molecule has 0 aliphatic heterocycles. The number of hydrogen-bond donors (Lipinski definition) is 3. The van der Waals surface area contributed by atoms with Crippen LogP contribution >= 0.6 is 0 Å². The SMILES string of the molecule is C/C(=C\C=C(/C)c1ccc2ncnc(N)c2c1)CNc1ncccc1C=O.CC.CNCc1cccc(F)c1. The summed E-state index contributed by atoms with van der Waals surface area (Å²) in [6, 6.07) is 16.0. The van der Waals surface area contributed by atoms with Gasteiger partial charge in [0, 0.05) is 24.7 Å². The minimum absolute atomic E-state index is 0.173. The average molecular weight is 529 g/mol. The van der Waals surface area contributed by atoms with Crippen molar-refractivity contribution < 1.29 is 9.18 Å². The third-order valence-corrected chi connectivity index (χ3v) is 5.51. The number of halogens is 1. The van der Waals surface area contributed by atoms with Gasteiger partial charge in [0.05, 0.1) is 11.1 Å². The molecule has 0 saturated carbocycles. The Morgan fingerprint density at radius 3 is 2.51 bits per heavy atom. The summed E-state index contributed by atoms with van der Waals surface area (Å²) in [6.07, 6.45) is 8.02. The molecule has 0 saturated heterocycles. The molecule has 0 radical (unpaired) electrons. The Morgan fingerprint density at radius 2 is 1.79 bits per heavy atom. The summed E-state index contributed by atoms with van der Waals surface area (Å²) in [5, 5.41) is 6.98. The van der Waals surface area contributed by atoms with Gasteiger partial charge in [0.15, 0.2) is 6.29 Å². The standard InChI is InChI=1S/C21H21N5O.C8H10FN.C2H6/c1-14(11-24-21-17(12-27)4-3-9-23-21)5-6-15(2)16-7-8-19-18(10-16)20(22)26-13-25-19;1-10-6-7-3-2-4-8(9)5-7;1-2/h3-10,12-13H,11H2,1-2H3,(H,23,24)(H2,22,25,26);2-5,10H,6H2,1H3;1-2H3/b14-5+,15-6+;;. The van der Waals surface area contributed by atoms with Crippen LogP contribution in [0.2, 0.25) is 0 Å². The summed E-state index contributed by atoms with van der Waals surface area (Å²) in [5.74, 6) is 0.894. The predicted octanol–water partition coefficient (Wildman–Crippen LogP) is 6.45. The molecule has 0 aliphatic rings. The van der Waals surface area contributed by atoms with Gasteiger partial charge in [-0.3, -0.25) is 4.79 Å². The lowest BCUT2D eigenvalue weighted by atomic mass is 10.0. The lowest BCUT2D eigenvalue weighted by Crippen LogP contribution is -2.06. The molecule has 0 amide bonds. The van der Waals surface area contributed by atoms with E-state index in [1.54, 1.807) is 24.4 Å². The largest absolute Gasteiger partial charge is 0.383 e. The second kappa shape index (κ2) is 16.4. The molecular formula is C31H37FN6O. The van der Waals surface area contributed by atoms with Crippen molar-refractivity contribution in [1.29, 1.82) is 0 Å². The number of rotatable bonds is 8. The van der Waals surface area contributed by atoms with Gasteiger partial charge in [0.1, 0.15) is 23.8 Å². The van der Waals surface area contributed by atoms with E-state index in [-0.39, 0.29) is 5.82 Å². The summed E-state index contributed by atoms with van der Waals surface area (Å²) < 4.78 is 12.5. The number of nitrogens with zero attached hydrogens (tertiary/aromatic N) is 3. The van der Waals surface area contributed by atoms with Gasteiger partial charge in [-0.15, -0.1) is 0 Å². The molecule has 204 valence electrons. The van der Waals surface area contributed by atoms with Crippen molar-refractivity contribution in [3.05, 3.63) is 107 Å². The maximum atomic E-state index is 12.5. The average Bonchev–Trinajstić information content (AvgIpc) is 2.96. The number of carbonyl (C=O) groups excluding carboxylic acids is 1. The van der Waals surface area contributed by atoms with Crippen molar-refractivity contribution in [3.63, 3.8) is 0 Å². The van der Waals surface area contributed by atoms with E-state index in [1.165, 1.54) is 18.5 Å². The number of nitrogens with one attached hydrogen (secondary N) is 2. The van der Waals surface area contributed by atoms with Crippen LogP contribution in [0.4, 0.5) is 16.0 Å². The molecule has 4 aromatic rings. The number of nitrogen functional groups attached to an aromatic ring is 1. The highest BCUT2D eigenvalue weighted by Crippen LogP contribution is 2.23. The van der Waals surface area contributed by atoms with Crippen LogP contribution in [0.1, 0.15) is 49.2 Å². The number of benzene rings is 2. The van der Waals surface area contributed by atoms with E-state index in [2.05, 4.69) is 31.7 Å². The van der Waals surface area contributed by atoms with Crippen molar-refractivity contribution in [2.45, 2.75) is 34.2 Å². The van der Waals surface area contributed by atoms with Crippen LogP contribution < -0.4 is 16.4 Å². The highest BCUT2D eigenvalue weighted by atomic mass is 19.1. The summed E-state index contributed by atoms with van der Waals surface area (Å²) in [7, 11) is 1.84. The van der Waals surface area contributed by atoms with Crippen molar-refractivity contribution in [2.24, 2.45) is 0 Å². The molecule has 0 atom stereocenters. The van der Waals surface area contributed by atoms with Gasteiger partial charge in [-0.2, -0.15) is 0 Å². The lowest BCUT2D eigenvalue weighted by molar-refractivity contribution is 0.112. The first-order valence-corrected chi connectivity index (χ1v) is 12.8. The Morgan fingerprint density at radius 1 is 1.00 bits per heavy atom. The highest BCUT2D eigenvalue weighted by Gasteiger charge is 2.04. The molecule has 39 heavy (non-hydrogen) atoms. The Labute approximate surface area is 230 Å². The predicted molar refractivity (Wildman–Crippen MR) is 160 cm³/mol. The number of anilines is 2. The van der Waals surface area contributed by atoms with Crippen LogP contribution in [0.3, 0.4) is 0 Å². The number of aromatic nitrogens is 3. The highest BCUT2D eigenvalue weighted by molar-refractivity contribution is 5.90. The summed E-state index contributed by atoms with van der Waals surface area (Å²) in [6.45, 7) is 9.38. The van der Waals surface area contributed by atoms with E-state index in [0.717, 1.165) is 46.0 Å². The zero-order chi connectivity index (χ0) is 28.6. The molecule has 2 aromatic carbocycles. The van der Waals surface area contributed by atoms with E-state index >= 15 is 0 Å². The molecule has 8 heteroatoms. The summed E-state index contributed by atoms with van der Waals surface area (Å²) >= 11 is 0. The third kappa shape index (κ3) is 9.75. The summed E-state index contributed by atoms with van der Waals surface area (Å²) in [5.41, 5.74) is 11.6. The molecule has 2 aromatic heterocycles. The van der Waals surface area contributed by atoms with Gasteiger partial charge in [0.2, 0.25) is 0 Å². The number of carbonyl (C=O) groups is 1. The molecule has 7 nitrogen and oxygen atoms in total. The number of aldehydes is 1. The number of pyridine rings is 1. The van der Waals surface area contributed by atoms with Crippen molar-refractivity contribution >= 4 is 34.4 Å². The zero-order valence-corrected chi connectivity index (χ0v) is 23.2. The molecule has 0 unspecified atom stereocenters. The first-order valence-electron chi connectivity index (χ1n) is 12.8. The van der Waals surface area contributed by atoms with Gasteiger partial charge in [-0.25, -0.2) is 19.3 Å². The van der Waals surface area contributed by atoms with Crippen LogP contribution in [0.5, 0.6) is 0 Å². The smallest absolute Gasteiger partial charge is 0.153 e. The second-order valence-corrected chi connectivity index (χ2v) is 8.43. The molecular weight excluding hydrogens is 491 g/mol. The van der Waals surface area contributed by atoms with Gasteiger partial charge < -0.3 is 16.4 Å². The minimum atomic E-state index is -0.173. The number of allylic oxidation sites excluding steroid dienone is 3. The Bertz CT molecular complexity index is 1420. The van der Waals surface area contributed by atoms with Crippen LogP contribution in [-0.4, -0.2) is 34.8 Å². The fourth-order valence-electron chi connectivity index (χ4n) is 3.48. The Balaban J connectivity index is 0.000000372. The third-order valence-electron chi connectivity index (χ3n) is 5.51.